The van der Waals surface area contributed by atoms with Crippen LogP contribution >= 0.6 is 0 Å². The van der Waals surface area contributed by atoms with Crippen molar-refractivity contribution >= 4 is 12.1 Å². The molecule has 1 fully saturated rings. The predicted octanol–water partition coefficient (Wildman–Crippen LogP) is 0.318. The van der Waals surface area contributed by atoms with Crippen LogP contribution in [0.3, 0.4) is 0 Å². The minimum atomic E-state index is -1.23. The van der Waals surface area contributed by atoms with Gasteiger partial charge in [0.25, 0.3) is 0 Å². The van der Waals surface area contributed by atoms with Crippen LogP contribution in [0.5, 0.6) is 0 Å². The number of rotatable bonds is 4. The van der Waals surface area contributed by atoms with Crippen LogP contribution in [-0.2, 0) is 9.53 Å². The molecule has 1 rings (SSSR count). The number of carboxylic acid groups (broad SMARTS) is 1. The number of unbranched alkanes of at least 4 members (excludes halogenated alkanes) is 1. The summed E-state index contributed by atoms with van der Waals surface area (Å²) >= 11 is 0. The fourth-order valence-corrected chi connectivity index (χ4v) is 2.01. The topological polar surface area (TPSA) is 102 Å². The van der Waals surface area contributed by atoms with Gasteiger partial charge in [-0.3, -0.25) is 0 Å². The highest BCUT2D eigenvalue weighted by Crippen LogP contribution is 2.38. The third kappa shape index (κ3) is 3.37. The summed E-state index contributed by atoms with van der Waals surface area (Å²) in [5.74, 6) is 5.48. The van der Waals surface area contributed by atoms with Gasteiger partial charge in [0.15, 0.2) is 0 Å². The van der Waals surface area contributed by atoms with Gasteiger partial charge in [0.1, 0.15) is 5.54 Å². The number of hydrogen-bond acceptors (Lipinski definition) is 4. The Morgan fingerprint density at radius 1 is 1.56 bits per heavy atom. The van der Waals surface area contributed by atoms with Crippen LogP contribution in [0.1, 0.15) is 25.7 Å². The van der Waals surface area contributed by atoms with Gasteiger partial charge < -0.3 is 20.9 Å². The lowest BCUT2D eigenvalue weighted by atomic mass is 9.68. The molecular formula is C12H18N2O4. The Labute approximate surface area is 106 Å². The fourth-order valence-electron chi connectivity index (χ4n) is 2.01. The zero-order valence-corrected chi connectivity index (χ0v) is 10.4. The third-order valence-electron chi connectivity index (χ3n) is 2.92. The highest BCUT2D eigenvalue weighted by Gasteiger charge is 2.52. The normalized spacial score (nSPS) is 25.3. The number of ether oxygens (including phenoxy) is 1. The summed E-state index contributed by atoms with van der Waals surface area (Å²) in [5.41, 5.74) is 4.23. The maximum Gasteiger partial charge on any atom is 0.405 e. The maximum atomic E-state index is 11.6. The molecule has 0 bridgehead atoms. The van der Waals surface area contributed by atoms with Crippen molar-refractivity contribution in [1.29, 1.82) is 0 Å². The van der Waals surface area contributed by atoms with E-state index >= 15 is 0 Å². The minimum Gasteiger partial charge on any atom is -0.467 e. The molecule has 0 aromatic heterocycles. The summed E-state index contributed by atoms with van der Waals surface area (Å²) in [5, 5.41) is 11.0. The first-order valence-corrected chi connectivity index (χ1v) is 5.82. The van der Waals surface area contributed by atoms with E-state index in [0.717, 1.165) is 12.8 Å². The van der Waals surface area contributed by atoms with Gasteiger partial charge in [0.05, 0.1) is 7.11 Å². The number of carbonyl (C=O) groups excluding carboxylic acids is 1. The summed E-state index contributed by atoms with van der Waals surface area (Å²) in [4.78, 5) is 22.2. The van der Waals surface area contributed by atoms with Crippen LogP contribution in [0.4, 0.5) is 4.79 Å². The molecule has 100 valence electrons. The third-order valence-corrected chi connectivity index (χ3v) is 2.92. The highest BCUT2D eigenvalue weighted by molar-refractivity contribution is 5.86. The van der Waals surface area contributed by atoms with E-state index in [4.69, 9.17) is 10.8 Å². The van der Waals surface area contributed by atoms with Crippen molar-refractivity contribution in [2.45, 2.75) is 31.2 Å². The van der Waals surface area contributed by atoms with Gasteiger partial charge in [0, 0.05) is 12.3 Å². The Bertz CT molecular complexity index is 377. The van der Waals surface area contributed by atoms with Crippen LogP contribution in [0.2, 0.25) is 0 Å². The van der Waals surface area contributed by atoms with Crippen molar-refractivity contribution < 1.29 is 19.4 Å². The van der Waals surface area contributed by atoms with Crippen molar-refractivity contribution in [1.82, 2.24) is 5.32 Å². The summed E-state index contributed by atoms with van der Waals surface area (Å²) in [6.07, 6.45) is 1.07. The quantitative estimate of drug-likeness (QED) is 0.381. The zero-order chi connectivity index (χ0) is 13.6. The van der Waals surface area contributed by atoms with Gasteiger partial charge in [-0.15, -0.1) is 5.92 Å². The van der Waals surface area contributed by atoms with Crippen LogP contribution < -0.4 is 11.1 Å². The second-order valence-electron chi connectivity index (χ2n) is 4.32. The second-order valence-corrected chi connectivity index (χ2v) is 4.32. The Morgan fingerprint density at radius 2 is 2.22 bits per heavy atom. The zero-order valence-electron chi connectivity index (χ0n) is 10.4. The van der Waals surface area contributed by atoms with Crippen LogP contribution in [0.15, 0.2) is 0 Å². The molecule has 0 heterocycles. The minimum absolute atomic E-state index is 0.0359. The Hall–Kier alpha value is -1.74. The number of methoxy groups -OCH3 is 1. The van der Waals surface area contributed by atoms with E-state index in [1.807, 2.05) is 0 Å². The van der Waals surface area contributed by atoms with Crippen LogP contribution in [0.25, 0.3) is 0 Å². The molecule has 0 unspecified atom stereocenters. The van der Waals surface area contributed by atoms with E-state index in [1.165, 1.54) is 7.11 Å². The smallest absolute Gasteiger partial charge is 0.405 e. The molecule has 0 spiro atoms. The molecule has 0 aliphatic heterocycles. The van der Waals surface area contributed by atoms with Crippen molar-refractivity contribution in [3.05, 3.63) is 0 Å². The molecule has 6 nitrogen and oxygen atoms in total. The van der Waals surface area contributed by atoms with Gasteiger partial charge in [-0.1, -0.05) is 5.92 Å². The number of carbonyl (C=O) groups is 2. The summed E-state index contributed by atoms with van der Waals surface area (Å²) in [7, 11) is 1.24. The van der Waals surface area contributed by atoms with Crippen molar-refractivity contribution in [3.63, 3.8) is 0 Å². The lowest BCUT2D eigenvalue weighted by Crippen LogP contribution is -2.62. The average molecular weight is 254 g/mol. The van der Waals surface area contributed by atoms with E-state index in [2.05, 4.69) is 21.9 Å². The summed E-state index contributed by atoms with van der Waals surface area (Å²) < 4.78 is 4.62. The molecule has 1 aliphatic rings. The Morgan fingerprint density at radius 3 is 2.72 bits per heavy atom. The number of amides is 1. The lowest BCUT2D eigenvalue weighted by molar-refractivity contribution is -0.153. The largest absolute Gasteiger partial charge is 0.467 e. The molecule has 0 aromatic carbocycles. The summed E-state index contributed by atoms with van der Waals surface area (Å²) in [6, 6.07) is 0. The molecule has 1 aliphatic carbocycles. The predicted molar refractivity (Wildman–Crippen MR) is 64.7 cm³/mol. The molecule has 1 saturated carbocycles. The van der Waals surface area contributed by atoms with Gasteiger partial charge >= 0.3 is 12.1 Å². The van der Waals surface area contributed by atoms with Gasteiger partial charge in [-0.05, 0) is 25.8 Å². The first-order valence-electron chi connectivity index (χ1n) is 5.82. The second kappa shape index (κ2) is 6.26. The monoisotopic (exact) mass is 254 g/mol. The average Bonchev–Trinajstić information content (AvgIpc) is 2.29. The number of nitrogens with two attached hydrogens (primary N) is 1. The SMILES string of the molecule is COC(=O)C1(NC(=O)O)CC(C#CCCCN)C1. The number of hydrogen-bond donors (Lipinski definition) is 3. The van der Waals surface area contributed by atoms with E-state index in [-0.39, 0.29) is 5.92 Å². The molecule has 1 amide bonds. The van der Waals surface area contributed by atoms with Gasteiger partial charge in [-0.25, -0.2) is 9.59 Å². The van der Waals surface area contributed by atoms with Gasteiger partial charge in [-0.2, -0.15) is 0 Å². The first kappa shape index (κ1) is 14.3. The highest BCUT2D eigenvalue weighted by atomic mass is 16.5. The van der Waals surface area contributed by atoms with Crippen molar-refractivity contribution in [2.24, 2.45) is 11.7 Å². The van der Waals surface area contributed by atoms with E-state index in [0.29, 0.717) is 19.4 Å². The van der Waals surface area contributed by atoms with Gasteiger partial charge in [0.2, 0.25) is 0 Å². The lowest BCUT2D eigenvalue weighted by Gasteiger charge is -2.42. The van der Waals surface area contributed by atoms with E-state index in [9.17, 15) is 9.59 Å². The maximum absolute atomic E-state index is 11.6. The number of nitrogens with one attached hydrogen (secondary N) is 1. The molecule has 4 N–H and O–H groups in total. The molecule has 18 heavy (non-hydrogen) atoms. The molecule has 0 atom stereocenters. The first-order chi connectivity index (χ1) is 8.54. The number of esters is 1. The molecule has 0 radical (unpaired) electrons. The van der Waals surface area contributed by atoms with Crippen LogP contribution in [0, 0.1) is 17.8 Å². The van der Waals surface area contributed by atoms with Crippen LogP contribution in [-0.4, -0.2) is 36.4 Å². The fraction of sp³-hybridized carbons (Fsp3) is 0.667. The van der Waals surface area contributed by atoms with E-state index in [1.54, 1.807) is 0 Å². The summed E-state index contributed by atoms with van der Waals surface area (Å²) in [6.45, 7) is 0.603. The molecule has 0 saturated heterocycles. The van der Waals surface area contributed by atoms with Crippen molar-refractivity contribution in [3.8, 4) is 11.8 Å². The van der Waals surface area contributed by atoms with Crippen molar-refractivity contribution in [2.75, 3.05) is 13.7 Å². The standard InChI is InChI=1S/C12H18N2O4/c1-18-10(15)12(14-11(16)17)7-9(8-12)5-3-2-4-6-13/h9,14H,2,4,6-8,13H2,1H3,(H,16,17). The Balaban J connectivity index is 2.53. The molecule has 6 heteroatoms. The van der Waals surface area contributed by atoms with E-state index < -0.39 is 17.6 Å². The Kier molecular flexibility index (Phi) is 4.98. The molecule has 0 aromatic rings. The molecular weight excluding hydrogens is 236 g/mol.